The van der Waals surface area contributed by atoms with Crippen LogP contribution in [0.2, 0.25) is 0 Å². The van der Waals surface area contributed by atoms with Crippen molar-refractivity contribution in [2.24, 2.45) is 0 Å². The van der Waals surface area contributed by atoms with E-state index in [2.05, 4.69) is 46.8 Å². The van der Waals surface area contributed by atoms with Gasteiger partial charge in [-0.3, -0.25) is 4.79 Å². The fourth-order valence-corrected chi connectivity index (χ4v) is 2.26. The second-order valence-corrected chi connectivity index (χ2v) is 5.59. The van der Waals surface area contributed by atoms with E-state index in [1.165, 1.54) is 11.1 Å². The Balaban J connectivity index is 1.57. The van der Waals surface area contributed by atoms with Crippen molar-refractivity contribution >= 4 is 17.4 Å². The Bertz CT molecular complexity index is 797. The van der Waals surface area contributed by atoms with Gasteiger partial charge in [-0.15, -0.1) is 0 Å². The molecule has 0 fully saturated rings. The van der Waals surface area contributed by atoms with Crippen molar-refractivity contribution in [2.75, 3.05) is 10.6 Å². The van der Waals surface area contributed by atoms with E-state index in [1.807, 2.05) is 24.3 Å². The molecule has 0 saturated heterocycles. The van der Waals surface area contributed by atoms with Gasteiger partial charge in [0.05, 0.1) is 11.9 Å². The highest BCUT2D eigenvalue weighted by atomic mass is 16.1. The summed E-state index contributed by atoms with van der Waals surface area (Å²) in [5, 5.41) is 6.11. The molecule has 0 radical (unpaired) electrons. The van der Waals surface area contributed by atoms with Gasteiger partial charge in [-0.1, -0.05) is 48.0 Å². The lowest BCUT2D eigenvalue weighted by Crippen LogP contribution is -2.12. The molecule has 4 heteroatoms. The summed E-state index contributed by atoms with van der Waals surface area (Å²) in [4.78, 5) is 16.3. The number of nitrogens with one attached hydrogen (secondary N) is 2. The third kappa shape index (κ3) is 4.20. The highest BCUT2D eigenvalue weighted by molar-refractivity contribution is 6.03. The second-order valence-electron chi connectivity index (χ2n) is 5.59. The van der Waals surface area contributed by atoms with Crippen LogP contribution in [0.4, 0.5) is 11.5 Å². The van der Waals surface area contributed by atoms with Crippen molar-refractivity contribution in [3.05, 3.63) is 89.6 Å². The van der Waals surface area contributed by atoms with Gasteiger partial charge in [-0.05, 0) is 36.8 Å². The summed E-state index contributed by atoms with van der Waals surface area (Å²) in [5.41, 5.74) is 3.98. The van der Waals surface area contributed by atoms with Crippen LogP contribution >= 0.6 is 0 Å². The minimum atomic E-state index is -0.163. The van der Waals surface area contributed by atoms with Crippen LogP contribution in [0.3, 0.4) is 0 Å². The van der Waals surface area contributed by atoms with Gasteiger partial charge in [0, 0.05) is 12.1 Å². The zero-order valence-electron chi connectivity index (χ0n) is 13.5. The molecule has 0 aliphatic carbocycles. The predicted molar refractivity (Wildman–Crippen MR) is 97.1 cm³/mol. The zero-order valence-corrected chi connectivity index (χ0v) is 13.5. The number of hydrogen-bond acceptors (Lipinski definition) is 3. The molecule has 1 aromatic heterocycles. The van der Waals surface area contributed by atoms with E-state index in [4.69, 9.17) is 0 Å². The number of pyridine rings is 1. The number of carbonyl (C=O) groups is 1. The van der Waals surface area contributed by atoms with Crippen LogP contribution in [0.5, 0.6) is 0 Å². The topological polar surface area (TPSA) is 54.0 Å². The fourth-order valence-electron chi connectivity index (χ4n) is 2.26. The van der Waals surface area contributed by atoms with E-state index >= 15 is 0 Å². The Labute approximate surface area is 141 Å². The summed E-state index contributed by atoms with van der Waals surface area (Å²) in [6.07, 6.45) is 1.72. The number of benzene rings is 2. The highest BCUT2D eigenvalue weighted by Gasteiger charge is 2.05. The molecular weight excluding hydrogens is 298 g/mol. The van der Waals surface area contributed by atoms with Crippen LogP contribution in [-0.2, 0) is 6.54 Å². The van der Waals surface area contributed by atoms with Crippen molar-refractivity contribution < 1.29 is 4.79 Å². The second kappa shape index (κ2) is 7.42. The van der Waals surface area contributed by atoms with E-state index in [1.54, 1.807) is 24.4 Å². The van der Waals surface area contributed by atoms with Gasteiger partial charge in [0.1, 0.15) is 5.82 Å². The molecule has 0 spiro atoms. The molecule has 0 bridgehead atoms. The van der Waals surface area contributed by atoms with Crippen LogP contribution in [-0.4, -0.2) is 10.9 Å². The molecule has 0 unspecified atom stereocenters. The summed E-state index contributed by atoms with van der Waals surface area (Å²) in [6.45, 7) is 2.81. The molecule has 120 valence electrons. The molecule has 2 N–H and O–H groups in total. The summed E-state index contributed by atoms with van der Waals surface area (Å²) >= 11 is 0. The molecule has 0 atom stereocenters. The van der Waals surface area contributed by atoms with Crippen molar-refractivity contribution in [2.45, 2.75) is 13.5 Å². The van der Waals surface area contributed by atoms with Gasteiger partial charge < -0.3 is 10.6 Å². The molecule has 4 nitrogen and oxygen atoms in total. The number of anilines is 2. The molecule has 0 saturated carbocycles. The minimum Gasteiger partial charge on any atom is -0.380 e. The minimum absolute atomic E-state index is 0.163. The van der Waals surface area contributed by atoms with Crippen LogP contribution in [0.15, 0.2) is 72.9 Å². The first kappa shape index (κ1) is 15.7. The average molecular weight is 317 g/mol. The molecule has 24 heavy (non-hydrogen) atoms. The quantitative estimate of drug-likeness (QED) is 0.739. The first-order valence-corrected chi connectivity index (χ1v) is 7.82. The summed E-state index contributed by atoms with van der Waals surface area (Å²) in [5.74, 6) is 0.369. The maximum atomic E-state index is 12.1. The molecule has 1 amide bonds. The number of rotatable bonds is 5. The van der Waals surface area contributed by atoms with E-state index in [-0.39, 0.29) is 5.91 Å². The van der Waals surface area contributed by atoms with Gasteiger partial charge in [0.2, 0.25) is 0 Å². The van der Waals surface area contributed by atoms with Crippen molar-refractivity contribution in [3.8, 4) is 0 Å². The average Bonchev–Trinajstić information content (AvgIpc) is 2.63. The summed E-state index contributed by atoms with van der Waals surface area (Å²) in [6, 6.07) is 21.2. The Morgan fingerprint density at radius 2 is 1.71 bits per heavy atom. The number of hydrogen-bond donors (Lipinski definition) is 2. The summed E-state index contributed by atoms with van der Waals surface area (Å²) in [7, 11) is 0. The number of aromatic nitrogens is 1. The predicted octanol–water partition coefficient (Wildman–Crippen LogP) is 4.25. The zero-order chi connectivity index (χ0) is 16.8. The number of nitrogens with zero attached hydrogens (tertiary/aromatic N) is 1. The van der Waals surface area contributed by atoms with Crippen molar-refractivity contribution in [1.29, 1.82) is 0 Å². The third-order valence-electron chi connectivity index (χ3n) is 3.66. The lowest BCUT2D eigenvalue weighted by molar-refractivity contribution is 0.102. The maximum Gasteiger partial charge on any atom is 0.256 e. The Morgan fingerprint density at radius 3 is 2.38 bits per heavy atom. The van der Waals surface area contributed by atoms with Gasteiger partial charge in [-0.25, -0.2) is 4.98 Å². The van der Waals surface area contributed by atoms with Crippen LogP contribution in [0, 0.1) is 6.92 Å². The fraction of sp³-hybridized carbons (Fsp3) is 0.100. The van der Waals surface area contributed by atoms with E-state index in [0.717, 1.165) is 12.2 Å². The first-order chi connectivity index (χ1) is 11.7. The first-order valence-electron chi connectivity index (χ1n) is 7.82. The molecule has 3 aromatic rings. The van der Waals surface area contributed by atoms with Gasteiger partial charge >= 0.3 is 0 Å². The van der Waals surface area contributed by atoms with E-state index in [0.29, 0.717) is 11.4 Å². The lowest BCUT2D eigenvalue weighted by atomic mass is 10.1. The normalized spacial score (nSPS) is 10.2. The SMILES string of the molecule is Cc1ccc(CNc2ccc(NC(=O)c3ccccc3)nc2)cc1. The number of aryl methyl sites for hydroxylation is 1. The van der Waals surface area contributed by atoms with Gasteiger partial charge in [-0.2, -0.15) is 0 Å². The molecular formula is C20H19N3O. The Hall–Kier alpha value is -3.14. The van der Waals surface area contributed by atoms with Crippen LogP contribution < -0.4 is 10.6 Å². The van der Waals surface area contributed by atoms with Crippen LogP contribution in [0.1, 0.15) is 21.5 Å². The monoisotopic (exact) mass is 317 g/mol. The molecule has 0 aliphatic heterocycles. The van der Waals surface area contributed by atoms with E-state index in [9.17, 15) is 4.79 Å². The van der Waals surface area contributed by atoms with Gasteiger partial charge in [0.15, 0.2) is 0 Å². The number of amides is 1. The van der Waals surface area contributed by atoms with Crippen LogP contribution in [0.25, 0.3) is 0 Å². The molecule has 3 rings (SSSR count). The Morgan fingerprint density at radius 1 is 0.958 bits per heavy atom. The highest BCUT2D eigenvalue weighted by Crippen LogP contribution is 2.13. The lowest BCUT2D eigenvalue weighted by Gasteiger charge is -2.08. The summed E-state index contributed by atoms with van der Waals surface area (Å²) < 4.78 is 0. The largest absolute Gasteiger partial charge is 0.380 e. The molecule has 2 aromatic carbocycles. The smallest absolute Gasteiger partial charge is 0.256 e. The Kier molecular flexibility index (Phi) is 4.87. The third-order valence-corrected chi connectivity index (χ3v) is 3.66. The van der Waals surface area contributed by atoms with E-state index < -0.39 is 0 Å². The van der Waals surface area contributed by atoms with Gasteiger partial charge in [0.25, 0.3) is 5.91 Å². The van der Waals surface area contributed by atoms with Crippen molar-refractivity contribution in [1.82, 2.24) is 4.98 Å². The van der Waals surface area contributed by atoms with Crippen molar-refractivity contribution in [3.63, 3.8) is 0 Å². The maximum absolute atomic E-state index is 12.1. The standard InChI is InChI=1S/C20H19N3O/c1-15-7-9-16(10-8-15)13-21-18-11-12-19(22-14-18)23-20(24)17-5-3-2-4-6-17/h2-12,14,21H,13H2,1H3,(H,22,23,24). The molecule has 1 heterocycles. The molecule has 0 aliphatic rings. The number of carbonyl (C=O) groups excluding carboxylic acids is 1.